The van der Waals surface area contributed by atoms with Crippen LogP contribution in [0.3, 0.4) is 0 Å². The van der Waals surface area contributed by atoms with Crippen LogP contribution in [0, 0.1) is 6.92 Å². The Morgan fingerprint density at radius 1 is 1.10 bits per heavy atom. The van der Waals surface area contributed by atoms with Crippen molar-refractivity contribution < 1.29 is 9.59 Å². The molecule has 2 rings (SSSR count). The van der Waals surface area contributed by atoms with Crippen LogP contribution in [0.1, 0.15) is 43.9 Å². The Kier molecular flexibility index (Phi) is 10.2. The molecule has 0 aliphatic rings. The first-order chi connectivity index (χ1) is 14.7. The standard InChI is InChI=1S/C24H30Cl2N2O2S/c1-5-17(3)27-24(30)18(4)28(13-19-9-6-8-16(2)12-19)23(29)15-31-14-20-21(25)10-7-11-22(20)26/h6-12,17-18H,5,13-15H2,1-4H3,(H,27,30)/t17-,18+/m1/s1. The van der Waals surface area contributed by atoms with Gasteiger partial charge in [-0.3, -0.25) is 9.59 Å². The zero-order valence-corrected chi connectivity index (χ0v) is 20.8. The number of aryl methyl sites for hydroxylation is 1. The largest absolute Gasteiger partial charge is 0.352 e. The van der Waals surface area contributed by atoms with Crippen molar-refractivity contribution in [2.24, 2.45) is 0 Å². The van der Waals surface area contributed by atoms with Crippen LogP contribution in [0.15, 0.2) is 42.5 Å². The molecular weight excluding hydrogens is 451 g/mol. The molecule has 1 N–H and O–H groups in total. The maximum absolute atomic E-state index is 13.2. The van der Waals surface area contributed by atoms with E-state index in [0.717, 1.165) is 23.1 Å². The molecule has 2 amide bonds. The molecule has 0 bridgehead atoms. The zero-order chi connectivity index (χ0) is 23.0. The molecule has 0 aromatic heterocycles. The lowest BCUT2D eigenvalue weighted by Gasteiger charge is -2.29. The third-order valence-corrected chi connectivity index (χ3v) is 6.79. The molecule has 2 aromatic rings. The predicted molar refractivity (Wildman–Crippen MR) is 132 cm³/mol. The van der Waals surface area contributed by atoms with E-state index in [1.54, 1.807) is 30.0 Å². The van der Waals surface area contributed by atoms with E-state index in [4.69, 9.17) is 23.2 Å². The first-order valence-corrected chi connectivity index (χ1v) is 12.3. The monoisotopic (exact) mass is 480 g/mol. The van der Waals surface area contributed by atoms with Crippen LogP contribution in [0.25, 0.3) is 0 Å². The van der Waals surface area contributed by atoms with Gasteiger partial charge in [0.1, 0.15) is 6.04 Å². The summed E-state index contributed by atoms with van der Waals surface area (Å²) in [6, 6.07) is 12.8. The number of halogens is 2. The van der Waals surface area contributed by atoms with E-state index in [9.17, 15) is 9.59 Å². The van der Waals surface area contributed by atoms with Crippen LogP contribution in [-0.4, -0.2) is 34.6 Å². The average molecular weight is 481 g/mol. The molecule has 31 heavy (non-hydrogen) atoms. The fourth-order valence-corrected chi connectivity index (χ4v) is 4.70. The number of carbonyl (C=O) groups is 2. The van der Waals surface area contributed by atoms with Gasteiger partial charge in [0.25, 0.3) is 0 Å². The second-order valence-corrected chi connectivity index (χ2v) is 9.50. The number of benzene rings is 2. The van der Waals surface area contributed by atoms with Gasteiger partial charge in [-0.05, 0) is 50.5 Å². The summed E-state index contributed by atoms with van der Waals surface area (Å²) in [5, 5.41) is 4.16. The van der Waals surface area contributed by atoms with Crippen molar-refractivity contribution in [3.63, 3.8) is 0 Å². The molecule has 0 radical (unpaired) electrons. The molecule has 0 unspecified atom stereocenters. The Labute approximate surface area is 199 Å². The number of hydrogen-bond acceptors (Lipinski definition) is 3. The molecule has 0 heterocycles. The van der Waals surface area contributed by atoms with Gasteiger partial charge in [-0.15, -0.1) is 11.8 Å². The van der Waals surface area contributed by atoms with E-state index < -0.39 is 6.04 Å². The molecule has 4 nitrogen and oxygen atoms in total. The smallest absolute Gasteiger partial charge is 0.242 e. The maximum Gasteiger partial charge on any atom is 0.242 e. The van der Waals surface area contributed by atoms with Gasteiger partial charge in [0.15, 0.2) is 0 Å². The van der Waals surface area contributed by atoms with Crippen molar-refractivity contribution in [3.8, 4) is 0 Å². The Hall–Kier alpha value is -1.69. The lowest BCUT2D eigenvalue weighted by Crippen LogP contribution is -2.50. The molecule has 0 aliphatic heterocycles. The Bertz CT molecular complexity index is 887. The summed E-state index contributed by atoms with van der Waals surface area (Å²) in [5.41, 5.74) is 2.93. The van der Waals surface area contributed by atoms with Gasteiger partial charge in [0.2, 0.25) is 11.8 Å². The third kappa shape index (κ3) is 7.74. The molecule has 0 saturated heterocycles. The van der Waals surface area contributed by atoms with Gasteiger partial charge < -0.3 is 10.2 Å². The SMILES string of the molecule is CC[C@@H](C)NC(=O)[C@H](C)N(Cc1cccc(C)c1)C(=O)CSCc1c(Cl)cccc1Cl. The third-order valence-electron chi connectivity index (χ3n) is 5.14. The predicted octanol–water partition coefficient (Wildman–Crippen LogP) is 5.87. The minimum Gasteiger partial charge on any atom is -0.352 e. The van der Waals surface area contributed by atoms with Gasteiger partial charge in [0.05, 0.1) is 5.75 Å². The van der Waals surface area contributed by atoms with Crippen LogP contribution in [0.2, 0.25) is 10.0 Å². The van der Waals surface area contributed by atoms with E-state index >= 15 is 0 Å². The second kappa shape index (κ2) is 12.4. The fraction of sp³-hybridized carbons (Fsp3) is 0.417. The van der Waals surface area contributed by atoms with E-state index in [-0.39, 0.29) is 23.6 Å². The number of carbonyl (C=O) groups excluding carboxylic acids is 2. The molecular formula is C24H30Cl2N2O2S. The minimum atomic E-state index is -0.577. The quantitative estimate of drug-likeness (QED) is 0.462. The van der Waals surface area contributed by atoms with Crippen molar-refractivity contribution in [3.05, 3.63) is 69.2 Å². The number of thioether (sulfide) groups is 1. The second-order valence-electron chi connectivity index (χ2n) is 7.70. The average Bonchev–Trinajstić information content (AvgIpc) is 2.73. The molecule has 0 fully saturated rings. The number of nitrogens with one attached hydrogen (secondary N) is 1. The highest BCUT2D eigenvalue weighted by atomic mass is 35.5. The van der Waals surface area contributed by atoms with Gasteiger partial charge >= 0.3 is 0 Å². The summed E-state index contributed by atoms with van der Waals surface area (Å²) >= 11 is 13.9. The number of nitrogens with zero attached hydrogens (tertiary/aromatic N) is 1. The Morgan fingerprint density at radius 3 is 2.35 bits per heavy atom. The fourth-order valence-electron chi connectivity index (χ4n) is 3.05. The van der Waals surface area contributed by atoms with Gasteiger partial charge in [-0.2, -0.15) is 0 Å². The number of amides is 2. The molecule has 168 valence electrons. The maximum atomic E-state index is 13.2. The van der Waals surface area contributed by atoms with Crippen LogP contribution < -0.4 is 5.32 Å². The highest BCUT2D eigenvalue weighted by molar-refractivity contribution is 7.99. The van der Waals surface area contributed by atoms with Crippen LogP contribution in [-0.2, 0) is 21.9 Å². The first kappa shape index (κ1) is 25.6. The summed E-state index contributed by atoms with van der Waals surface area (Å²) in [5.74, 6) is 0.514. The normalized spacial score (nSPS) is 12.8. The summed E-state index contributed by atoms with van der Waals surface area (Å²) < 4.78 is 0. The van der Waals surface area contributed by atoms with Crippen molar-refractivity contribution >= 4 is 46.8 Å². The molecule has 0 spiro atoms. The highest BCUT2D eigenvalue weighted by Gasteiger charge is 2.26. The molecule has 2 atom stereocenters. The molecule has 0 saturated carbocycles. The van der Waals surface area contributed by atoms with Crippen LogP contribution in [0.5, 0.6) is 0 Å². The highest BCUT2D eigenvalue weighted by Crippen LogP contribution is 2.28. The minimum absolute atomic E-state index is 0.0580. The molecule has 2 aromatic carbocycles. The number of rotatable bonds is 10. The van der Waals surface area contributed by atoms with Crippen molar-refractivity contribution in [1.29, 1.82) is 0 Å². The van der Waals surface area contributed by atoms with E-state index in [1.807, 2.05) is 45.0 Å². The van der Waals surface area contributed by atoms with Crippen molar-refractivity contribution in [1.82, 2.24) is 10.2 Å². The topological polar surface area (TPSA) is 49.4 Å². The van der Waals surface area contributed by atoms with Gasteiger partial charge in [0, 0.05) is 28.4 Å². The van der Waals surface area contributed by atoms with E-state index in [2.05, 4.69) is 5.32 Å². The summed E-state index contributed by atoms with van der Waals surface area (Å²) in [6.07, 6.45) is 0.832. The van der Waals surface area contributed by atoms with Gasteiger partial charge in [-0.1, -0.05) is 66.0 Å². The number of hydrogen-bond donors (Lipinski definition) is 1. The van der Waals surface area contributed by atoms with E-state index in [1.165, 1.54) is 11.8 Å². The summed E-state index contributed by atoms with van der Waals surface area (Å²) in [6.45, 7) is 8.14. The van der Waals surface area contributed by atoms with E-state index in [0.29, 0.717) is 22.3 Å². The Morgan fingerprint density at radius 2 is 1.74 bits per heavy atom. The lowest BCUT2D eigenvalue weighted by atomic mass is 10.1. The van der Waals surface area contributed by atoms with Crippen LogP contribution in [0.4, 0.5) is 0 Å². The summed E-state index contributed by atoms with van der Waals surface area (Å²) in [4.78, 5) is 27.6. The first-order valence-electron chi connectivity index (χ1n) is 10.4. The Balaban J connectivity index is 2.12. The summed E-state index contributed by atoms with van der Waals surface area (Å²) in [7, 11) is 0. The van der Waals surface area contributed by atoms with Crippen LogP contribution >= 0.6 is 35.0 Å². The van der Waals surface area contributed by atoms with Crippen molar-refractivity contribution in [2.45, 2.75) is 58.5 Å². The lowest BCUT2D eigenvalue weighted by molar-refractivity contribution is -0.138. The zero-order valence-electron chi connectivity index (χ0n) is 18.5. The van der Waals surface area contributed by atoms with Crippen molar-refractivity contribution in [2.75, 3.05) is 5.75 Å². The molecule has 7 heteroatoms. The molecule has 0 aliphatic carbocycles. The van der Waals surface area contributed by atoms with Gasteiger partial charge in [-0.25, -0.2) is 0 Å².